The summed E-state index contributed by atoms with van der Waals surface area (Å²) in [6, 6.07) is 7.31. The third kappa shape index (κ3) is 6.40. The maximum absolute atomic E-state index is 11.8. The number of nitrogens with zero attached hydrogens (tertiary/aromatic N) is 1. The van der Waals surface area contributed by atoms with E-state index in [1.54, 1.807) is 19.1 Å². The fraction of sp³-hybridized carbons (Fsp3) is 0.429. The lowest BCUT2D eigenvalue weighted by atomic mass is 10.2. The summed E-state index contributed by atoms with van der Waals surface area (Å²) in [5.74, 6) is 0.550. The Morgan fingerprint density at radius 3 is 2.37 bits per heavy atom. The first-order valence-electron chi connectivity index (χ1n) is 6.14. The highest BCUT2D eigenvalue weighted by molar-refractivity contribution is 8.00. The van der Waals surface area contributed by atoms with Crippen molar-refractivity contribution in [2.45, 2.75) is 11.8 Å². The number of benzene rings is 1. The molecule has 0 fully saturated rings. The van der Waals surface area contributed by atoms with Crippen LogP contribution in [0.5, 0.6) is 0 Å². The average molecular weight is 280 g/mol. The Morgan fingerprint density at radius 2 is 1.84 bits per heavy atom. The molecule has 0 saturated carbocycles. The number of ketones is 1. The molecule has 0 aliphatic heterocycles. The minimum atomic E-state index is -0.0648. The van der Waals surface area contributed by atoms with Crippen molar-refractivity contribution in [2.24, 2.45) is 0 Å². The Hall–Kier alpha value is -1.33. The van der Waals surface area contributed by atoms with Gasteiger partial charge in [-0.3, -0.25) is 9.59 Å². The lowest BCUT2D eigenvalue weighted by Gasteiger charge is -2.10. The number of amides is 1. The molecule has 0 saturated heterocycles. The standard InChI is InChI=1S/C14H20N2O2S/c1-11(17)10-19-13-6-4-12(5-7-13)14(18)15-8-9-16(2)3/h4-7H,8-10H2,1-3H3,(H,15,18). The SMILES string of the molecule is CC(=O)CSc1ccc(C(=O)NCCN(C)C)cc1. The molecule has 0 aromatic heterocycles. The van der Waals surface area contributed by atoms with E-state index in [0.717, 1.165) is 11.4 Å². The molecule has 104 valence electrons. The Balaban J connectivity index is 2.46. The summed E-state index contributed by atoms with van der Waals surface area (Å²) in [4.78, 5) is 25.7. The number of nitrogens with one attached hydrogen (secondary N) is 1. The van der Waals surface area contributed by atoms with E-state index in [2.05, 4.69) is 5.32 Å². The first kappa shape index (κ1) is 15.7. The van der Waals surface area contributed by atoms with Crippen molar-refractivity contribution in [3.63, 3.8) is 0 Å². The van der Waals surface area contributed by atoms with Crippen LogP contribution in [0.15, 0.2) is 29.2 Å². The van der Waals surface area contributed by atoms with Crippen molar-refractivity contribution in [1.82, 2.24) is 10.2 Å². The topological polar surface area (TPSA) is 49.4 Å². The van der Waals surface area contributed by atoms with E-state index >= 15 is 0 Å². The van der Waals surface area contributed by atoms with Gasteiger partial charge in [-0.25, -0.2) is 0 Å². The molecule has 4 nitrogen and oxygen atoms in total. The van der Waals surface area contributed by atoms with Gasteiger partial charge in [0, 0.05) is 23.5 Å². The first-order chi connectivity index (χ1) is 8.99. The van der Waals surface area contributed by atoms with E-state index in [9.17, 15) is 9.59 Å². The second kappa shape index (κ2) is 7.96. The number of thioether (sulfide) groups is 1. The van der Waals surface area contributed by atoms with Gasteiger partial charge in [0.1, 0.15) is 5.78 Å². The van der Waals surface area contributed by atoms with Gasteiger partial charge in [-0.1, -0.05) is 0 Å². The molecular weight excluding hydrogens is 260 g/mol. The summed E-state index contributed by atoms with van der Waals surface area (Å²) in [5.41, 5.74) is 0.644. The van der Waals surface area contributed by atoms with E-state index in [1.165, 1.54) is 11.8 Å². The van der Waals surface area contributed by atoms with Crippen LogP contribution in [0.4, 0.5) is 0 Å². The summed E-state index contributed by atoms with van der Waals surface area (Å²) in [6.45, 7) is 3.02. The zero-order chi connectivity index (χ0) is 14.3. The molecule has 1 N–H and O–H groups in total. The number of carbonyl (C=O) groups is 2. The zero-order valence-corrected chi connectivity index (χ0v) is 12.4. The Labute approximate surface area is 118 Å². The van der Waals surface area contributed by atoms with Crippen LogP contribution in [0.2, 0.25) is 0 Å². The molecule has 0 spiro atoms. The van der Waals surface area contributed by atoms with Crippen LogP contribution in [0.1, 0.15) is 17.3 Å². The quantitative estimate of drug-likeness (QED) is 0.772. The van der Waals surface area contributed by atoms with Crippen LogP contribution in [-0.4, -0.2) is 49.5 Å². The van der Waals surface area contributed by atoms with Crippen molar-refractivity contribution in [3.8, 4) is 0 Å². The number of hydrogen-bond donors (Lipinski definition) is 1. The maximum Gasteiger partial charge on any atom is 0.251 e. The highest BCUT2D eigenvalue weighted by atomic mass is 32.2. The van der Waals surface area contributed by atoms with E-state index in [1.807, 2.05) is 31.1 Å². The van der Waals surface area contributed by atoms with Gasteiger partial charge < -0.3 is 10.2 Å². The average Bonchev–Trinajstić information content (AvgIpc) is 2.36. The van der Waals surface area contributed by atoms with Gasteiger partial charge in [0.25, 0.3) is 5.91 Å². The predicted octanol–water partition coefficient (Wildman–Crippen LogP) is 1.66. The fourth-order valence-electron chi connectivity index (χ4n) is 1.38. The second-order valence-corrected chi connectivity index (χ2v) is 5.62. The Kier molecular flexibility index (Phi) is 6.59. The van der Waals surface area contributed by atoms with Gasteiger partial charge in [0.15, 0.2) is 0 Å². The van der Waals surface area contributed by atoms with E-state index in [0.29, 0.717) is 17.9 Å². The van der Waals surface area contributed by atoms with Gasteiger partial charge in [0.05, 0.1) is 5.75 Å². The molecule has 0 radical (unpaired) electrons. The van der Waals surface area contributed by atoms with Crippen LogP contribution < -0.4 is 5.32 Å². The van der Waals surface area contributed by atoms with E-state index in [4.69, 9.17) is 0 Å². The molecule has 1 aromatic rings. The van der Waals surface area contributed by atoms with Crippen LogP contribution in [0.3, 0.4) is 0 Å². The zero-order valence-electron chi connectivity index (χ0n) is 11.6. The predicted molar refractivity (Wildman–Crippen MR) is 78.7 cm³/mol. The van der Waals surface area contributed by atoms with Crippen molar-refractivity contribution >= 4 is 23.5 Å². The monoisotopic (exact) mass is 280 g/mol. The summed E-state index contributed by atoms with van der Waals surface area (Å²) < 4.78 is 0. The lowest BCUT2D eigenvalue weighted by Crippen LogP contribution is -2.31. The molecule has 1 aromatic carbocycles. The normalized spacial score (nSPS) is 10.5. The van der Waals surface area contributed by atoms with Gasteiger partial charge >= 0.3 is 0 Å². The highest BCUT2D eigenvalue weighted by Gasteiger charge is 2.05. The molecule has 0 unspecified atom stereocenters. The minimum absolute atomic E-state index is 0.0648. The van der Waals surface area contributed by atoms with Crippen LogP contribution in [0, 0.1) is 0 Å². The molecule has 1 rings (SSSR count). The number of rotatable bonds is 7. The van der Waals surface area contributed by atoms with Crippen molar-refractivity contribution in [3.05, 3.63) is 29.8 Å². The molecule has 0 atom stereocenters. The molecular formula is C14H20N2O2S. The number of hydrogen-bond acceptors (Lipinski definition) is 4. The third-order valence-corrected chi connectivity index (χ3v) is 3.56. The number of likely N-dealkylation sites (N-methyl/N-ethyl adjacent to an activating group) is 1. The maximum atomic E-state index is 11.8. The molecule has 0 bridgehead atoms. The minimum Gasteiger partial charge on any atom is -0.351 e. The summed E-state index contributed by atoms with van der Waals surface area (Å²) in [7, 11) is 3.93. The van der Waals surface area contributed by atoms with Crippen molar-refractivity contribution in [1.29, 1.82) is 0 Å². The lowest BCUT2D eigenvalue weighted by molar-refractivity contribution is -0.114. The van der Waals surface area contributed by atoms with Gasteiger partial charge in [-0.05, 0) is 45.3 Å². The van der Waals surface area contributed by atoms with Gasteiger partial charge in [0.2, 0.25) is 0 Å². The molecule has 0 aliphatic carbocycles. The Morgan fingerprint density at radius 1 is 1.21 bits per heavy atom. The van der Waals surface area contributed by atoms with Crippen LogP contribution in [0.25, 0.3) is 0 Å². The third-order valence-electron chi connectivity index (χ3n) is 2.40. The summed E-state index contributed by atoms with van der Waals surface area (Å²) in [5, 5.41) is 2.86. The molecule has 19 heavy (non-hydrogen) atoms. The molecule has 0 heterocycles. The van der Waals surface area contributed by atoms with Crippen molar-refractivity contribution < 1.29 is 9.59 Å². The molecule has 5 heteroatoms. The first-order valence-corrected chi connectivity index (χ1v) is 7.13. The Bertz CT molecular complexity index is 430. The number of Topliss-reactive ketones (excluding diaryl/α,β-unsaturated/α-hetero) is 1. The molecule has 1 amide bonds. The van der Waals surface area contributed by atoms with Crippen LogP contribution >= 0.6 is 11.8 Å². The van der Waals surface area contributed by atoms with Gasteiger partial charge in [-0.15, -0.1) is 11.8 Å². The smallest absolute Gasteiger partial charge is 0.251 e. The second-order valence-electron chi connectivity index (χ2n) is 4.57. The van der Waals surface area contributed by atoms with E-state index < -0.39 is 0 Å². The summed E-state index contributed by atoms with van der Waals surface area (Å²) in [6.07, 6.45) is 0. The van der Waals surface area contributed by atoms with Gasteiger partial charge in [-0.2, -0.15) is 0 Å². The largest absolute Gasteiger partial charge is 0.351 e. The fourth-order valence-corrected chi connectivity index (χ4v) is 2.08. The molecule has 0 aliphatic rings. The van der Waals surface area contributed by atoms with Crippen molar-refractivity contribution in [2.75, 3.05) is 32.9 Å². The summed E-state index contributed by atoms with van der Waals surface area (Å²) >= 11 is 1.48. The number of carbonyl (C=O) groups excluding carboxylic acids is 2. The van der Waals surface area contributed by atoms with Crippen LogP contribution in [-0.2, 0) is 4.79 Å². The highest BCUT2D eigenvalue weighted by Crippen LogP contribution is 2.18. The van der Waals surface area contributed by atoms with E-state index in [-0.39, 0.29) is 11.7 Å².